The van der Waals surface area contributed by atoms with Crippen molar-refractivity contribution in [2.24, 2.45) is 15.9 Å². The Hall–Kier alpha value is -3.72. The average molecular weight is 501 g/mol. The summed E-state index contributed by atoms with van der Waals surface area (Å²) in [6, 6.07) is 24.8. The first-order valence-corrected chi connectivity index (χ1v) is 13.1. The molecule has 0 saturated heterocycles. The fourth-order valence-corrected chi connectivity index (χ4v) is 4.88. The van der Waals surface area contributed by atoms with E-state index in [9.17, 15) is 8.42 Å². The molecule has 1 atom stereocenters. The van der Waals surface area contributed by atoms with Gasteiger partial charge in [0.2, 0.25) is 15.9 Å². The van der Waals surface area contributed by atoms with Gasteiger partial charge in [0, 0.05) is 11.3 Å². The molecule has 7 nitrogen and oxygen atoms in total. The number of nitrogens with zero attached hydrogens (tertiary/aromatic N) is 2. The summed E-state index contributed by atoms with van der Waals surface area (Å²) >= 11 is 0. The normalized spacial score (nSPS) is 16.0. The van der Waals surface area contributed by atoms with Crippen LogP contribution in [0.1, 0.15) is 43.6 Å². The van der Waals surface area contributed by atoms with Gasteiger partial charge in [-0.05, 0) is 52.4 Å². The largest absolute Gasteiger partial charge is 0.446 e. The Balaban J connectivity index is 1.54. The summed E-state index contributed by atoms with van der Waals surface area (Å²) in [7, 11) is -3.89. The number of rotatable bonds is 4. The van der Waals surface area contributed by atoms with Crippen LogP contribution in [0.25, 0.3) is 11.1 Å². The third kappa shape index (κ3) is 4.46. The van der Waals surface area contributed by atoms with Gasteiger partial charge in [0.25, 0.3) is 0 Å². The van der Waals surface area contributed by atoms with Crippen LogP contribution in [0, 0.1) is 0 Å². The summed E-state index contributed by atoms with van der Waals surface area (Å²) in [5.74, 6) is 0.864. The van der Waals surface area contributed by atoms with Crippen LogP contribution in [-0.4, -0.2) is 14.3 Å². The quantitative estimate of drug-likeness (QED) is 0.387. The Labute approximate surface area is 211 Å². The smallest absolute Gasteiger partial charge is 0.238 e. The summed E-state index contributed by atoms with van der Waals surface area (Å²) in [6.45, 7) is 6.59. The Morgan fingerprint density at radius 3 is 2.14 bits per heavy atom. The van der Waals surface area contributed by atoms with Gasteiger partial charge < -0.3 is 15.1 Å². The predicted octanol–water partition coefficient (Wildman–Crippen LogP) is 5.45. The average Bonchev–Trinajstić information content (AvgIpc) is 3.33. The fraction of sp³-hybridized carbons (Fsp3) is 0.179. The second kappa shape index (κ2) is 8.74. The molecular formula is C28H28N4O3S. The molecule has 184 valence electrons. The van der Waals surface area contributed by atoms with Crippen LogP contribution < -0.4 is 15.8 Å². The van der Waals surface area contributed by atoms with E-state index in [-0.39, 0.29) is 10.3 Å². The Bertz CT molecular complexity index is 1550. The van der Waals surface area contributed by atoms with Crippen LogP contribution >= 0.6 is 0 Å². The Morgan fingerprint density at radius 2 is 1.53 bits per heavy atom. The first kappa shape index (κ1) is 24.0. The second-order valence-electron chi connectivity index (χ2n) is 9.88. The maximum atomic E-state index is 12.0. The fourth-order valence-electron chi connectivity index (χ4n) is 4.32. The third-order valence-corrected chi connectivity index (χ3v) is 7.27. The number of anilines is 1. The zero-order chi connectivity index (χ0) is 25.7. The molecule has 0 bridgehead atoms. The van der Waals surface area contributed by atoms with Crippen LogP contribution in [-0.2, 0) is 15.4 Å². The first-order chi connectivity index (χ1) is 17.0. The first-order valence-electron chi connectivity index (χ1n) is 11.6. The van der Waals surface area contributed by atoms with Gasteiger partial charge >= 0.3 is 0 Å². The molecule has 3 aromatic carbocycles. The van der Waals surface area contributed by atoms with Gasteiger partial charge in [-0.3, -0.25) is 0 Å². The van der Waals surface area contributed by atoms with Crippen molar-refractivity contribution in [1.82, 2.24) is 0 Å². The number of primary sulfonamides is 1. The number of sulfonamides is 1. The molecular weight excluding hydrogens is 472 g/mol. The number of aliphatic imine (C=N–C) groups is 1. The highest BCUT2D eigenvalue weighted by Crippen LogP contribution is 2.38. The predicted molar refractivity (Wildman–Crippen MR) is 143 cm³/mol. The number of furan rings is 1. The molecule has 4 aromatic rings. The van der Waals surface area contributed by atoms with Crippen molar-refractivity contribution < 1.29 is 12.8 Å². The van der Waals surface area contributed by atoms with Gasteiger partial charge in [-0.1, -0.05) is 69.3 Å². The van der Waals surface area contributed by atoms with Crippen molar-refractivity contribution in [3.63, 3.8) is 0 Å². The number of fused-ring (bicyclic) bond motifs is 1. The maximum Gasteiger partial charge on any atom is 0.238 e. The van der Waals surface area contributed by atoms with Crippen LogP contribution in [0.15, 0.2) is 99.4 Å². The highest BCUT2D eigenvalue weighted by atomic mass is 32.2. The van der Waals surface area contributed by atoms with Crippen molar-refractivity contribution in [2.75, 3.05) is 4.90 Å². The summed E-state index contributed by atoms with van der Waals surface area (Å²) in [4.78, 5) is 6.54. The lowest BCUT2D eigenvalue weighted by Gasteiger charge is -2.34. The van der Waals surface area contributed by atoms with E-state index in [0.29, 0.717) is 17.3 Å². The topological polar surface area (TPSA) is 115 Å². The van der Waals surface area contributed by atoms with E-state index in [4.69, 9.17) is 15.3 Å². The van der Waals surface area contributed by atoms with E-state index in [0.717, 1.165) is 22.4 Å². The molecule has 0 amide bonds. The minimum atomic E-state index is -3.89. The molecule has 4 N–H and O–H groups in total. The molecule has 0 radical (unpaired) electrons. The second-order valence-corrected chi connectivity index (χ2v) is 11.4. The lowest BCUT2D eigenvalue weighted by molar-refractivity contribution is 0.565. The van der Waals surface area contributed by atoms with Gasteiger partial charge in [-0.2, -0.15) is 4.99 Å². The number of hydrogen-bond acceptors (Lipinski definition) is 6. The molecule has 8 heteroatoms. The summed E-state index contributed by atoms with van der Waals surface area (Å²) in [5.41, 5.74) is 12.3. The number of hydrogen-bond donors (Lipinski definition) is 2. The SMILES string of the molecule is CC(C)(C)c1ccc(-c2ccc(N3C(c4cccc(S(N)(=O)=O)c4)=Nc4occc4C3N)cc2)cc1. The number of benzene rings is 3. The van der Waals surface area contributed by atoms with Crippen molar-refractivity contribution in [1.29, 1.82) is 0 Å². The monoisotopic (exact) mass is 500 g/mol. The number of amidine groups is 1. The minimum Gasteiger partial charge on any atom is -0.446 e. The molecule has 0 saturated carbocycles. The summed E-state index contributed by atoms with van der Waals surface area (Å²) in [6.07, 6.45) is 0.960. The van der Waals surface area contributed by atoms with Crippen LogP contribution in [0.4, 0.5) is 11.6 Å². The van der Waals surface area contributed by atoms with Gasteiger partial charge in [-0.15, -0.1) is 0 Å². The van der Waals surface area contributed by atoms with E-state index < -0.39 is 16.2 Å². The van der Waals surface area contributed by atoms with Crippen LogP contribution in [0.5, 0.6) is 0 Å². The highest BCUT2D eigenvalue weighted by Gasteiger charge is 2.31. The molecule has 1 aliphatic heterocycles. The van der Waals surface area contributed by atoms with Gasteiger partial charge in [0.1, 0.15) is 12.0 Å². The number of nitrogens with two attached hydrogens (primary N) is 2. The zero-order valence-corrected chi connectivity index (χ0v) is 21.2. The molecule has 2 heterocycles. The van der Waals surface area contributed by atoms with Gasteiger partial charge in [0.05, 0.1) is 16.7 Å². The van der Waals surface area contributed by atoms with Crippen molar-refractivity contribution in [2.45, 2.75) is 37.2 Å². The van der Waals surface area contributed by atoms with E-state index in [1.165, 1.54) is 17.7 Å². The Morgan fingerprint density at radius 1 is 0.889 bits per heavy atom. The van der Waals surface area contributed by atoms with E-state index in [2.05, 4.69) is 50.0 Å². The standard InChI is InChI=1S/C28H28N4O3S/c1-28(2,3)21-11-7-18(8-12-21)19-9-13-22(14-10-19)32-25(29)24-15-16-35-27(24)31-26(32)20-5-4-6-23(17-20)36(30,33)34/h4-17,25H,29H2,1-3H3,(H2,30,33,34). The van der Waals surface area contributed by atoms with Gasteiger partial charge in [-0.25, -0.2) is 13.6 Å². The lowest BCUT2D eigenvalue weighted by Crippen LogP contribution is -2.42. The molecule has 0 aliphatic carbocycles. The van der Waals surface area contributed by atoms with Gasteiger partial charge in [0.15, 0.2) is 0 Å². The minimum absolute atomic E-state index is 0.00415. The molecule has 1 aromatic heterocycles. The maximum absolute atomic E-state index is 12.0. The van der Waals surface area contributed by atoms with Crippen LogP contribution in [0.2, 0.25) is 0 Å². The molecule has 0 spiro atoms. The van der Waals surface area contributed by atoms with Crippen molar-refractivity contribution in [3.05, 3.63) is 102 Å². The molecule has 5 rings (SSSR count). The van der Waals surface area contributed by atoms with Crippen LogP contribution in [0.3, 0.4) is 0 Å². The van der Waals surface area contributed by atoms with E-state index >= 15 is 0 Å². The summed E-state index contributed by atoms with van der Waals surface area (Å²) in [5, 5.41) is 5.37. The lowest BCUT2D eigenvalue weighted by atomic mass is 9.86. The molecule has 36 heavy (non-hydrogen) atoms. The zero-order valence-electron chi connectivity index (χ0n) is 20.3. The summed E-state index contributed by atoms with van der Waals surface area (Å²) < 4.78 is 29.5. The molecule has 1 unspecified atom stereocenters. The van der Waals surface area contributed by atoms with E-state index in [1.54, 1.807) is 24.5 Å². The molecule has 0 fully saturated rings. The molecule has 1 aliphatic rings. The van der Waals surface area contributed by atoms with Crippen molar-refractivity contribution >= 4 is 27.4 Å². The third-order valence-electron chi connectivity index (χ3n) is 6.36. The Kier molecular flexibility index (Phi) is 5.83. The van der Waals surface area contributed by atoms with Crippen molar-refractivity contribution in [3.8, 4) is 11.1 Å². The van der Waals surface area contributed by atoms with E-state index in [1.807, 2.05) is 29.2 Å². The highest BCUT2D eigenvalue weighted by molar-refractivity contribution is 7.89.